The van der Waals surface area contributed by atoms with Gasteiger partial charge in [-0.15, -0.1) is 0 Å². The molecule has 4 heteroatoms. The number of benzene rings is 1. The number of halogens is 1. The van der Waals surface area contributed by atoms with Crippen molar-refractivity contribution in [2.24, 2.45) is 13.0 Å². The third-order valence-electron chi connectivity index (χ3n) is 4.63. The largest absolute Gasteiger partial charge is 0.383 e. The molecule has 1 aromatic carbocycles. The van der Waals surface area contributed by atoms with Gasteiger partial charge in [-0.2, -0.15) is 5.10 Å². The van der Waals surface area contributed by atoms with E-state index in [2.05, 4.69) is 12.0 Å². The molecule has 0 saturated heterocycles. The van der Waals surface area contributed by atoms with Crippen LogP contribution in [-0.4, -0.2) is 9.78 Å². The molecule has 1 saturated carbocycles. The molecule has 0 amide bonds. The number of rotatable bonds is 2. The highest BCUT2D eigenvalue weighted by molar-refractivity contribution is 5.77. The molecule has 0 bridgehead atoms. The second kappa shape index (κ2) is 5.51. The van der Waals surface area contributed by atoms with Crippen molar-refractivity contribution < 1.29 is 4.39 Å². The second-order valence-corrected chi connectivity index (χ2v) is 6.24. The number of nitrogen functional groups attached to an aromatic ring is 1. The van der Waals surface area contributed by atoms with Crippen molar-refractivity contribution in [3.8, 4) is 11.1 Å². The molecule has 1 aromatic heterocycles. The van der Waals surface area contributed by atoms with E-state index in [1.807, 2.05) is 13.1 Å². The molecule has 0 spiro atoms. The molecule has 0 aliphatic heterocycles. The number of aryl methyl sites for hydroxylation is 1. The Labute approximate surface area is 125 Å². The molecule has 0 atom stereocenters. The van der Waals surface area contributed by atoms with Crippen LogP contribution in [0.1, 0.15) is 44.2 Å². The first-order valence-corrected chi connectivity index (χ1v) is 7.64. The lowest BCUT2D eigenvalue weighted by molar-refractivity contribution is 0.343. The van der Waals surface area contributed by atoms with Gasteiger partial charge < -0.3 is 5.73 Å². The van der Waals surface area contributed by atoms with Crippen LogP contribution in [0.2, 0.25) is 0 Å². The Morgan fingerprint density at radius 3 is 2.62 bits per heavy atom. The van der Waals surface area contributed by atoms with Crippen LogP contribution in [0, 0.1) is 11.7 Å². The van der Waals surface area contributed by atoms with Crippen LogP contribution in [0.3, 0.4) is 0 Å². The van der Waals surface area contributed by atoms with Gasteiger partial charge in [-0.25, -0.2) is 4.39 Å². The van der Waals surface area contributed by atoms with Crippen LogP contribution in [0.25, 0.3) is 11.1 Å². The van der Waals surface area contributed by atoms with Crippen LogP contribution in [0.4, 0.5) is 10.2 Å². The molecule has 0 radical (unpaired) electrons. The molecule has 1 aliphatic carbocycles. The van der Waals surface area contributed by atoms with E-state index in [-0.39, 0.29) is 5.82 Å². The van der Waals surface area contributed by atoms with Gasteiger partial charge in [0.2, 0.25) is 0 Å². The topological polar surface area (TPSA) is 43.8 Å². The highest BCUT2D eigenvalue weighted by Crippen LogP contribution is 2.41. The first-order chi connectivity index (χ1) is 10.1. The Balaban J connectivity index is 2.03. The molecular weight excluding hydrogens is 265 g/mol. The summed E-state index contributed by atoms with van der Waals surface area (Å²) < 4.78 is 15.3. The second-order valence-electron chi connectivity index (χ2n) is 6.24. The van der Waals surface area contributed by atoms with E-state index < -0.39 is 0 Å². The maximum absolute atomic E-state index is 13.5. The molecule has 3 rings (SSSR count). The van der Waals surface area contributed by atoms with Crippen LogP contribution in [-0.2, 0) is 7.05 Å². The molecule has 21 heavy (non-hydrogen) atoms. The highest BCUT2D eigenvalue weighted by atomic mass is 19.1. The number of nitrogens with two attached hydrogens (primary N) is 1. The molecule has 2 aromatic rings. The summed E-state index contributed by atoms with van der Waals surface area (Å²) >= 11 is 0. The van der Waals surface area contributed by atoms with E-state index in [1.165, 1.54) is 18.9 Å². The lowest BCUT2D eigenvalue weighted by atomic mass is 9.80. The SMILES string of the molecule is CC1CCC(c2nn(C)c(N)c2-c2cccc(F)c2)CC1. The van der Waals surface area contributed by atoms with E-state index in [4.69, 9.17) is 5.73 Å². The van der Waals surface area contributed by atoms with Crippen LogP contribution >= 0.6 is 0 Å². The Morgan fingerprint density at radius 1 is 1.24 bits per heavy atom. The van der Waals surface area contributed by atoms with Crippen molar-refractivity contribution in [2.45, 2.75) is 38.5 Å². The molecule has 2 N–H and O–H groups in total. The fourth-order valence-electron chi connectivity index (χ4n) is 3.32. The zero-order valence-electron chi connectivity index (χ0n) is 12.6. The first-order valence-electron chi connectivity index (χ1n) is 7.64. The van der Waals surface area contributed by atoms with Crippen molar-refractivity contribution in [3.63, 3.8) is 0 Å². The van der Waals surface area contributed by atoms with Crippen molar-refractivity contribution >= 4 is 5.82 Å². The third-order valence-corrected chi connectivity index (χ3v) is 4.63. The summed E-state index contributed by atoms with van der Waals surface area (Å²) in [6.07, 6.45) is 4.73. The van der Waals surface area contributed by atoms with Crippen LogP contribution in [0.15, 0.2) is 24.3 Å². The quantitative estimate of drug-likeness (QED) is 0.903. The van der Waals surface area contributed by atoms with Gasteiger partial charge in [0, 0.05) is 18.5 Å². The number of anilines is 1. The lowest BCUT2D eigenvalue weighted by Crippen LogP contribution is -2.12. The van der Waals surface area contributed by atoms with Gasteiger partial charge in [0.15, 0.2) is 0 Å². The normalized spacial score (nSPS) is 22.4. The van der Waals surface area contributed by atoms with E-state index in [1.54, 1.807) is 16.8 Å². The Kier molecular flexibility index (Phi) is 3.70. The average molecular weight is 287 g/mol. The summed E-state index contributed by atoms with van der Waals surface area (Å²) in [5.41, 5.74) is 8.97. The average Bonchev–Trinajstić information content (AvgIpc) is 2.76. The van der Waals surface area contributed by atoms with Crippen molar-refractivity contribution in [2.75, 3.05) is 5.73 Å². The number of hydrogen-bond acceptors (Lipinski definition) is 2. The Bertz CT molecular complexity index is 639. The summed E-state index contributed by atoms with van der Waals surface area (Å²) in [6.45, 7) is 2.30. The maximum atomic E-state index is 13.5. The van der Waals surface area contributed by atoms with Gasteiger partial charge in [0.1, 0.15) is 11.6 Å². The van der Waals surface area contributed by atoms with Gasteiger partial charge in [-0.1, -0.05) is 31.9 Å². The predicted molar refractivity (Wildman–Crippen MR) is 83.4 cm³/mol. The third kappa shape index (κ3) is 2.67. The van der Waals surface area contributed by atoms with Crippen molar-refractivity contribution in [1.29, 1.82) is 0 Å². The number of aromatic nitrogens is 2. The van der Waals surface area contributed by atoms with E-state index in [0.29, 0.717) is 11.7 Å². The first kappa shape index (κ1) is 14.1. The van der Waals surface area contributed by atoms with E-state index in [9.17, 15) is 4.39 Å². The number of hydrogen-bond donors (Lipinski definition) is 1. The number of nitrogens with zero attached hydrogens (tertiary/aromatic N) is 2. The summed E-state index contributed by atoms with van der Waals surface area (Å²) in [5.74, 6) is 1.61. The summed E-state index contributed by atoms with van der Waals surface area (Å²) in [5, 5.41) is 4.63. The van der Waals surface area contributed by atoms with Gasteiger partial charge in [-0.3, -0.25) is 4.68 Å². The molecule has 1 heterocycles. The monoisotopic (exact) mass is 287 g/mol. The molecule has 112 valence electrons. The van der Waals surface area contributed by atoms with Gasteiger partial charge in [-0.05, 0) is 36.5 Å². The highest BCUT2D eigenvalue weighted by Gasteiger charge is 2.27. The lowest BCUT2D eigenvalue weighted by Gasteiger charge is -2.25. The maximum Gasteiger partial charge on any atom is 0.129 e. The minimum absolute atomic E-state index is 0.237. The molecule has 3 nitrogen and oxygen atoms in total. The molecular formula is C17H22FN3. The molecule has 1 aliphatic rings. The van der Waals surface area contributed by atoms with E-state index in [0.717, 1.165) is 35.6 Å². The van der Waals surface area contributed by atoms with Crippen LogP contribution < -0.4 is 5.73 Å². The molecule has 0 unspecified atom stereocenters. The molecule has 1 fully saturated rings. The van der Waals surface area contributed by atoms with E-state index >= 15 is 0 Å². The van der Waals surface area contributed by atoms with Crippen molar-refractivity contribution in [1.82, 2.24) is 9.78 Å². The van der Waals surface area contributed by atoms with Crippen LogP contribution in [0.5, 0.6) is 0 Å². The van der Waals surface area contributed by atoms with Gasteiger partial charge in [0.05, 0.1) is 5.69 Å². The summed E-state index contributed by atoms with van der Waals surface area (Å²) in [6, 6.07) is 6.63. The van der Waals surface area contributed by atoms with Crippen molar-refractivity contribution in [3.05, 3.63) is 35.8 Å². The predicted octanol–water partition coefficient (Wildman–Crippen LogP) is 4.10. The van der Waals surface area contributed by atoms with Gasteiger partial charge in [0.25, 0.3) is 0 Å². The fourth-order valence-corrected chi connectivity index (χ4v) is 3.32. The Morgan fingerprint density at radius 2 is 1.95 bits per heavy atom. The Hall–Kier alpha value is -1.84. The summed E-state index contributed by atoms with van der Waals surface area (Å²) in [7, 11) is 1.85. The zero-order chi connectivity index (χ0) is 15.0. The smallest absolute Gasteiger partial charge is 0.129 e. The standard InChI is InChI=1S/C17H22FN3/c1-11-6-8-12(9-7-11)16-15(17(19)21(2)20-16)13-4-3-5-14(18)10-13/h3-5,10-12H,6-9,19H2,1-2H3. The zero-order valence-corrected chi connectivity index (χ0v) is 12.6. The minimum Gasteiger partial charge on any atom is -0.383 e. The van der Waals surface area contributed by atoms with Gasteiger partial charge >= 0.3 is 0 Å². The minimum atomic E-state index is -0.237. The summed E-state index contributed by atoms with van der Waals surface area (Å²) in [4.78, 5) is 0. The fraction of sp³-hybridized carbons (Fsp3) is 0.471.